The van der Waals surface area contributed by atoms with Crippen molar-refractivity contribution in [2.24, 2.45) is 4.99 Å². The Balaban J connectivity index is 1.63. The van der Waals surface area contributed by atoms with E-state index in [9.17, 15) is 0 Å². The number of rotatable bonds is 5. The second-order valence-electron chi connectivity index (χ2n) is 5.01. The molecule has 2 aromatic carbocycles. The lowest BCUT2D eigenvalue weighted by Gasteiger charge is -2.05. The molecule has 7 heteroatoms. The van der Waals surface area contributed by atoms with Crippen LogP contribution in [0.15, 0.2) is 47.5 Å². The van der Waals surface area contributed by atoms with Gasteiger partial charge in [0.1, 0.15) is 12.4 Å². The molecule has 3 rings (SSSR count). The summed E-state index contributed by atoms with van der Waals surface area (Å²) in [5, 5.41) is 10.4. The Bertz CT molecular complexity index is 880. The molecule has 0 radical (unpaired) electrons. The van der Waals surface area contributed by atoms with Crippen LogP contribution in [0.5, 0.6) is 5.75 Å². The van der Waals surface area contributed by atoms with Crippen molar-refractivity contribution >= 4 is 45.9 Å². The van der Waals surface area contributed by atoms with E-state index in [1.54, 1.807) is 24.4 Å². The lowest BCUT2D eigenvalue weighted by Crippen LogP contribution is -1.95. The van der Waals surface area contributed by atoms with Gasteiger partial charge in [-0.15, -0.1) is 10.2 Å². The van der Waals surface area contributed by atoms with Crippen molar-refractivity contribution in [3.05, 3.63) is 68.6 Å². The van der Waals surface area contributed by atoms with Gasteiger partial charge in [0.15, 0.2) is 5.01 Å². The second-order valence-corrected chi connectivity index (χ2v) is 6.90. The maximum atomic E-state index is 6.07. The summed E-state index contributed by atoms with van der Waals surface area (Å²) in [6.45, 7) is 2.32. The zero-order valence-corrected chi connectivity index (χ0v) is 15.1. The first-order valence-corrected chi connectivity index (χ1v) is 8.68. The van der Waals surface area contributed by atoms with Crippen molar-refractivity contribution in [2.45, 2.75) is 13.5 Å². The number of benzene rings is 2. The standard InChI is InChI=1S/C17H13Cl2N3OS/c1-11-3-2-4-12(7-11)9-20-17-22-21-16(24-17)10-23-15-6-5-13(18)8-14(15)19/h2-9H,10H2,1H3. The highest BCUT2D eigenvalue weighted by molar-refractivity contribution is 7.14. The Hall–Kier alpha value is -1.95. The third-order valence-electron chi connectivity index (χ3n) is 3.07. The zero-order valence-electron chi connectivity index (χ0n) is 12.7. The van der Waals surface area contributed by atoms with E-state index < -0.39 is 0 Å². The minimum atomic E-state index is 0.277. The number of aromatic nitrogens is 2. The van der Waals surface area contributed by atoms with Crippen LogP contribution in [0.4, 0.5) is 5.13 Å². The molecule has 0 spiro atoms. The molecule has 0 saturated heterocycles. The van der Waals surface area contributed by atoms with Gasteiger partial charge in [0.05, 0.1) is 5.02 Å². The maximum absolute atomic E-state index is 6.07. The molecule has 0 bridgehead atoms. The number of nitrogens with zero attached hydrogens (tertiary/aromatic N) is 3. The predicted octanol–water partition coefficient (Wildman–Crippen LogP) is 5.48. The Morgan fingerprint density at radius 3 is 2.83 bits per heavy atom. The lowest BCUT2D eigenvalue weighted by atomic mass is 10.2. The molecule has 0 fully saturated rings. The third-order valence-corrected chi connectivity index (χ3v) is 4.40. The van der Waals surface area contributed by atoms with Gasteiger partial charge in [-0.25, -0.2) is 4.99 Å². The number of aryl methyl sites for hydroxylation is 1. The number of hydrogen-bond donors (Lipinski definition) is 0. The minimum absolute atomic E-state index is 0.277. The van der Waals surface area contributed by atoms with Gasteiger partial charge >= 0.3 is 0 Å². The summed E-state index contributed by atoms with van der Waals surface area (Å²) in [4.78, 5) is 4.34. The summed E-state index contributed by atoms with van der Waals surface area (Å²) in [5.41, 5.74) is 2.21. The molecule has 0 N–H and O–H groups in total. The fraction of sp³-hybridized carbons (Fsp3) is 0.118. The first-order chi connectivity index (χ1) is 11.6. The van der Waals surface area contributed by atoms with E-state index in [1.807, 2.05) is 25.1 Å². The van der Waals surface area contributed by atoms with Crippen molar-refractivity contribution in [3.8, 4) is 5.75 Å². The molecule has 0 atom stereocenters. The first-order valence-electron chi connectivity index (χ1n) is 7.11. The fourth-order valence-electron chi connectivity index (χ4n) is 1.97. The van der Waals surface area contributed by atoms with Crippen LogP contribution in [0.25, 0.3) is 0 Å². The Morgan fingerprint density at radius 2 is 2.04 bits per heavy atom. The Labute approximate surface area is 153 Å². The summed E-state index contributed by atoms with van der Waals surface area (Å²) < 4.78 is 5.64. The summed E-state index contributed by atoms with van der Waals surface area (Å²) in [6, 6.07) is 13.2. The first kappa shape index (κ1) is 16.9. The van der Waals surface area contributed by atoms with Gasteiger partial charge in [0, 0.05) is 11.2 Å². The molecule has 0 unspecified atom stereocenters. The number of hydrogen-bond acceptors (Lipinski definition) is 5. The highest BCUT2D eigenvalue weighted by atomic mass is 35.5. The van der Waals surface area contributed by atoms with Crippen LogP contribution >= 0.6 is 34.5 Å². The molecular weight excluding hydrogens is 365 g/mol. The van der Waals surface area contributed by atoms with E-state index in [0.29, 0.717) is 20.9 Å². The van der Waals surface area contributed by atoms with Crippen molar-refractivity contribution < 1.29 is 4.74 Å². The van der Waals surface area contributed by atoms with Crippen LogP contribution in [-0.2, 0) is 6.61 Å². The SMILES string of the molecule is Cc1cccc(C=Nc2nnc(COc3ccc(Cl)cc3Cl)s2)c1. The summed E-state index contributed by atoms with van der Waals surface area (Å²) in [5.74, 6) is 0.557. The molecule has 122 valence electrons. The van der Waals surface area contributed by atoms with Crippen molar-refractivity contribution in [2.75, 3.05) is 0 Å². The average Bonchev–Trinajstić information content (AvgIpc) is 3.00. The number of ether oxygens (including phenoxy) is 1. The van der Waals surface area contributed by atoms with E-state index in [4.69, 9.17) is 27.9 Å². The van der Waals surface area contributed by atoms with E-state index in [1.165, 1.54) is 16.9 Å². The van der Waals surface area contributed by atoms with Gasteiger partial charge in [0.2, 0.25) is 5.13 Å². The zero-order chi connectivity index (χ0) is 16.9. The molecule has 3 aromatic rings. The quantitative estimate of drug-likeness (QED) is 0.552. The predicted molar refractivity (Wildman–Crippen MR) is 99.1 cm³/mol. The molecule has 24 heavy (non-hydrogen) atoms. The second kappa shape index (κ2) is 7.75. The third kappa shape index (κ3) is 4.54. The van der Waals surface area contributed by atoms with E-state index in [0.717, 1.165) is 10.6 Å². The molecule has 0 aliphatic heterocycles. The smallest absolute Gasteiger partial charge is 0.231 e. The molecule has 0 amide bonds. The van der Waals surface area contributed by atoms with Crippen LogP contribution in [0.2, 0.25) is 10.0 Å². The van der Waals surface area contributed by atoms with Crippen molar-refractivity contribution in [1.29, 1.82) is 0 Å². The Morgan fingerprint density at radius 1 is 1.17 bits per heavy atom. The summed E-state index contributed by atoms with van der Waals surface area (Å²) >= 11 is 13.3. The van der Waals surface area contributed by atoms with Crippen LogP contribution in [0, 0.1) is 6.92 Å². The highest BCUT2D eigenvalue weighted by Gasteiger charge is 2.06. The van der Waals surface area contributed by atoms with Gasteiger partial charge in [-0.1, -0.05) is 64.4 Å². The van der Waals surface area contributed by atoms with Crippen LogP contribution in [0.3, 0.4) is 0 Å². The van der Waals surface area contributed by atoms with Crippen LogP contribution in [0.1, 0.15) is 16.1 Å². The van der Waals surface area contributed by atoms with Crippen molar-refractivity contribution in [3.63, 3.8) is 0 Å². The van der Waals surface area contributed by atoms with Gasteiger partial charge in [-0.05, 0) is 30.7 Å². The molecule has 0 saturated carbocycles. The topological polar surface area (TPSA) is 47.4 Å². The molecule has 0 aliphatic rings. The minimum Gasteiger partial charge on any atom is -0.485 e. The highest BCUT2D eigenvalue weighted by Crippen LogP contribution is 2.29. The van der Waals surface area contributed by atoms with E-state index >= 15 is 0 Å². The summed E-state index contributed by atoms with van der Waals surface area (Å²) in [7, 11) is 0. The van der Waals surface area contributed by atoms with Crippen LogP contribution in [-0.4, -0.2) is 16.4 Å². The molecule has 4 nitrogen and oxygen atoms in total. The lowest BCUT2D eigenvalue weighted by molar-refractivity contribution is 0.305. The Kier molecular flexibility index (Phi) is 5.45. The van der Waals surface area contributed by atoms with Gasteiger partial charge in [0.25, 0.3) is 0 Å². The largest absolute Gasteiger partial charge is 0.485 e. The molecule has 1 aromatic heterocycles. The number of aliphatic imine (C=N–C) groups is 1. The van der Waals surface area contributed by atoms with Gasteiger partial charge < -0.3 is 4.74 Å². The fourth-order valence-corrected chi connectivity index (χ4v) is 3.03. The maximum Gasteiger partial charge on any atom is 0.231 e. The van der Waals surface area contributed by atoms with Crippen LogP contribution < -0.4 is 4.74 Å². The number of halogens is 2. The van der Waals surface area contributed by atoms with Crippen molar-refractivity contribution in [1.82, 2.24) is 10.2 Å². The molecule has 0 aliphatic carbocycles. The normalized spacial score (nSPS) is 11.1. The van der Waals surface area contributed by atoms with E-state index in [2.05, 4.69) is 21.3 Å². The average molecular weight is 378 g/mol. The molecule has 1 heterocycles. The monoisotopic (exact) mass is 377 g/mol. The van der Waals surface area contributed by atoms with Gasteiger partial charge in [-0.2, -0.15) is 0 Å². The molecular formula is C17H13Cl2N3OS. The summed E-state index contributed by atoms with van der Waals surface area (Å²) in [6.07, 6.45) is 1.77. The van der Waals surface area contributed by atoms with E-state index in [-0.39, 0.29) is 6.61 Å². The van der Waals surface area contributed by atoms with Gasteiger partial charge in [-0.3, -0.25) is 0 Å².